The largest absolute Gasteiger partial charge is 0.329 e. The van der Waals surface area contributed by atoms with Gasteiger partial charge in [-0.05, 0) is 59.4 Å². The lowest BCUT2D eigenvalue weighted by molar-refractivity contribution is 0.0912. The van der Waals surface area contributed by atoms with Crippen molar-refractivity contribution >= 4 is 15.9 Å². The quantitative estimate of drug-likeness (QED) is 0.866. The minimum absolute atomic E-state index is 0.198. The van der Waals surface area contributed by atoms with Crippen LogP contribution in [-0.2, 0) is 0 Å². The van der Waals surface area contributed by atoms with Gasteiger partial charge in [-0.3, -0.25) is 4.90 Å². The SMILES string of the molecule is CCCC1CCCCN1C(CN)c1ccc(F)c(Br)c1. The summed E-state index contributed by atoms with van der Waals surface area (Å²) in [6.45, 7) is 3.92. The van der Waals surface area contributed by atoms with Crippen molar-refractivity contribution in [2.45, 2.75) is 51.1 Å². The second kappa shape index (κ2) is 7.53. The average molecular weight is 343 g/mol. The first-order valence-corrected chi connectivity index (χ1v) is 8.37. The number of halogens is 2. The zero-order chi connectivity index (χ0) is 14.5. The Morgan fingerprint density at radius 2 is 2.25 bits per heavy atom. The molecule has 112 valence electrons. The molecule has 0 aliphatic carbocycles. The van der Waals surface area contributed by atoms with Crippen LogP contribution in [0, 0.1) is 5.82 Å². The molecule has 0 saturated carbocycles. The molecule has 2 nitrogen and oxygen atoms in total. The number of piperidine rings is 1. The van der Waals surface area contributed by atoms with Crippen LogP contribution in [-0.4, -0.2) is 24.0 Å². The van der Waals surface area contributed by atoms with Crippen molar-refractivity contribution < 1.29 is 4.39 Å². The van der Waals surface area contributed by atoms with Crippen molar-refractivity contribution in [3.63, 3.8) is 0 Å². The fourth-order valence-electron chi connectivity index (χ4n) is 3.26. The van der Waals surface area contributed by atoms with Gasteiger partial charge in [0.25, 0.3) is 0 Å². The number of nitrogens with zero attached hydrogens (tertiary/aromatic N) is 1. The Morgan fingerprint density at radius 3 is 2.90 bits per heavy atom. The highest BCUT2D eigenvalue weighted by Crippen LogP contribution is 2.31. The van der Waals surface area contributed by atoms with Gasteiger partial charge in [0, 0.05) is 18.6 Å². The fourth-order valence-corrected chi connectivity index (χ4v) is 3.66. The lowest BCUT2D eigenvalue weighted by atomic mass is 9.93. The first kappa shape index (κ1) is 15.9. The Kier molecular flexibility index (Phi) is 6.00. The van der Waals surface area contributed by atoms with Gasteiger partial charge in [-0.2, -0.15) is 0 Å². The highest BCUT2D eigenvalue weighted by molar-refractivity contribution is 9.10. The molecule has 2 rings (SSSR count). The van der Waals surface area contributed by atoms with Gasteiger partial charge in [0.2, 0.25) is 0 Å². The van der Waals surface area contributed by atoms with E-state index in [0.717, 1.165) is 12.1 Å². The van der Waals surface area contributed by atoms with E-state index in [9.17, 15) is 4.39 Å². The van der Waals surface area contributed by atoms with Crippen LogP contribution in [0.2, 0.25) is 0 Å². The molecule has 2 unspecified atom stereocenters. The fraction of sp³-hybridized carbons (Fsp3) is 0.625. The van der Waals surface area contributed by atoms with Crippen molar-refractivity contribution in [1.29, 1.82) is 0 Å². The summed E-state index contributed by atoms with van der Waals surface area (Å²) in [7, 11) is 0. The van der Waals surface area contributed by atoms with Crippen LogP contribution in [0.5, 0.6) is 0 Å². The molecule has 1 fully saturated rings. The molecule has 1 aromatic carbocycles. The second-order valence-corrected chi connectivity index (χ2v) is 6.46. The van der Waals surface area contributed by atoms with E-state index in [-0.39, 0.29) is 11.9 Å². The number of benzene rings is 1. The summed E-state index contributed by atoms with van der Waals surface area (Å²) in [4.78, 5) is 2.53. The van der Waals surface area contributed by atoms with Crippen molar-refractivity contribution in [2.24, 2.45) is 5.73 Å². The number of hydrogen-bond acceptors (Lipinski definition) is 2. The topological polar surface area (TPSA) is 29.3 Å². The van der Waals surface area contributed by atoms with E-state index in [2.05, 4.69) is 27.8 Å². The van der Waals surface area contributed by atoms with Gasteiger partial charge in [-0.15, -0.1) is 0 Å². The first-order chi connectivity index (χ1) is 9.67. The highest BCUT2D eigenvalue weighted by Gasteiger charge is 2.28. The maximum absolute atomic E-state index is 13.4. The molecule has 2 N–H and O–H groups in total. The van der Waals surface area contributed by atoms with E-state index < -0.39 is 0 Å². The third kappa shape index (κ3) is 3.60. The van der Waals surface area contributed by atoms with E-state index in [0.29, 0.717) is 17.1 Å². The predicted molar refractivity (Wildman–Crippen MR) is 85.1 cm³/mol. The van der Waals surface area contributed by atoms with E-state index in [4.69, 9.17) is 5.73 Å². The first-order valence-electron chi connectivity index (χ1n) is 7.58. The lowest BCUT2D eigenvalue weighted by Gasteiger charge is -2.41. The summed E-state index contributed by atoms with van der Waals surface area (Å²) in [6, 6.07) is 6.09. The number of hydrogen-bond donors (Lipinski definition) is 1. The maximum atomic E-state index is 13.4. The Morgan fingerprint density at radius 1 is 1.45 bits per heavy atom. The van der Waals surface area contributed by atoms with Gasteiger partial charge >= 0.3 is 0 Å². The number of rotatable bonds is 5. The van der Waals surface area contributed by atoms with Crippen molar-refractivity contribution in [3.05, 3.63) is 34.1 Å². The monoisotopic (exact) mass is 342 g/mol. The molecule has 0 amide bonds. The van der Waals surface area contributed by atoms with Crippen LogP contribution < -0.4 is 5.73 Å². The predicted octanol–water partition coefficient (Wildman–Crippen LogP) is 4.24. The van der Waals surface area contributed by atoms with Crippen molar-refractivity contribution in [2.75, 3.05) is 13.1 Å². The lowest BCUT2D eigenvalue weighted by Crippen LogP contribution is -2.44. The smallest absolute Gasteiger partial charge is 0.137 e. The average Bonchev–Trinajstić information content (AvgIpc) is 2.45. The van der Waals surface area contributed by atoms with E-state index in [1.165, 1.54) is 38.2 Å². The highest BCUT2D eigenvalue weighted by atomic mass is 79.9. The molecule has 1 aliphatic rings. The van der Waals surface area contributed by atoms with Crippen LogP contribution >= 0.6 is 15.9 Å². The Labute approximate surface area is 129 Å². The molecule has 1 aliphatic heterocycles. The Bertz CT molecular complexity index is 436. The van der Waals surface area contributed by atoms with Gasteiger partial charge in [0.05, 0.1) is 4.47 Å². The molecule has 1 saturated heterocycles. The van der Waals surface area contributed by atoms with Crippen LogP contribution in [0.3, 0.4) is 0 Å². The van der Waals surface area contributed by atoms with E-state index >= 15 is 0 Å². The summed E-state index contributed by atoms with van der Waals surface area (Å²) in [5.41, 5.74) is 7.15. The van der Waals surface area contributed by atoms with Crippen LogP contribution in [0.1, 0.15) is 50.6 Å². The number of nitrogens with two attached hydrogens (primary N) is 1. The van der Waals surface area contributed by atoms with Gasteiger partial charge < -0.3 is 5.73 Å². The zero-order valence-corrected chi connectivity index (χ0v) is 13.7. The molecule has 0 bridgehead atoms. The molecule has 4 heteroatoms. The van der Waals surface area contributed by atoms with Gasteiger partial charge in [0.1, 0.15) is 5.82 Å². The standard InChI is InChI=1S/C16H24BrFN2/c1-2-5-13-6-3-4-9-20(13)16(11-19)12-7-8-15(18)14(17)10-12/h7-8,10,13,16H,2-6,9,11,19H2,1H3. The summed E-state index contributed by atoms with van der Waals surface area (Å²) in [6.07, 6.45) is 6.22. The van der Waals surface area contributed by atoms with Gasteiger partial charge in [0.15, 0.2) is 0 Å². The molecule has 2 atom stereocenters. The zero-order valence-electron chi connectivity index (χ0n) is 12.1. The van der Waals surface area contributed by atoms with E-state index in [1.54, 1.807) is 0 Å². The van der Waals surface area contributed by atoms with Crippen LogP contribution in [0.15, 0.2) is 22.7 Å². The molecule has 20 heavy (non-hydrogen) atoms. The van der Waals surface area contributed by atoms with Crippen molar-refractivity contribution in [1.82, 2.24) is 4.90 Å². The Balaban J connectivity index is 2.22. The molecule has 0 radical (unpaired) electrons. The van der Waals surface area contributed by atoms with Gasteiger partial charge in [-0.25, -0.2) is 4.39 Å². The Hall–Kier alpha value is -0.450. The molecular formula is C16H24BrFN2. The maximum Gasteiger partial charge on any atom is 0.137 e. The molecule has 0 aromatic heterocycles. The van der Waals surface area contributed by atoms with Crippen molar-refractivity contribution in [3.8, 4) is 0 Å². The van der Waals surface area contributed by atoms with Gasteiger partial charge in [-0.1, -0.05) is 25.8 Å². The molecular weight excluding hydrogens is 319 g/mol. The minimum Gasteiger partial charge on any atom is -0.329 e. The summed E-state index contributed by atoms with van der Waals surface area (Å²) < 4.78 is 13.9. The third-order valence-electron chi connectivity index (χ3n) is 4.25. The third-order valence-corrected chi connectivity index (χ3v) is 4.85. The second-order valence-electron chi connectivity index (χ2n) is 5.60. The molecule has 1 aromatic rings. The summed E-state index contributed by atoms with van der Waals surface area (Å²) >= 11 is 3.28. The molecule has 1 heterocycles. The van der Waals surface area contributed by atoms with Crippen LogP contribution in [0.25, 0.3) is 0 Å². The summed E-state index contributed by atoms with van der Waals surface area (Å²) in [5, 5.41) is 0. The molecule has 0 spiro atoms. The number of likely N-dealkylation sites (tertiary alicyclic amines) is 1. The van der Waals surface area contributed by atoms with E-state index in [1.807, 2.05) is 12.1 Å². The normalized spacial score (nSPS) is 21.9. The van der Waals surface area contributed by atoms with Crippen LogP contribution in [0.4, 0.5) is 4.39 Å². The summed E-state index contributed by atoms with van der Waals surface area (Å²) in [5.74, 6) is -0.215. The minimum atomic E-state index is -0.215.